The van der Waals surface area contributed by atoms with Crippen molar-refractivity contribution >= 4 is 0 Å². The van der Waals surface area contributed by atoms with Crippen molar-refractivity contribution in [2.45, 2.75) is 38.8 Å². The number of aliphatic hydroxyl groups is 1. The van der Waals surface area contributed by atoms with E-state index in [1.807, 2.05) is 19.9 Å². The Morgan fingerprint density at radius 2 is 2.13 bits per heavy atom. The van der Waals surface area contributed by atoms with Crippen LogP contribution in [0.15, 0.2) is 18.6 Å². The molecule has 0 atom stereocenters. The Balaban J connectivity index is 2.33. The summed E-state index contributed by atoms with van der Waals surface area (Å²) in [7, 11) is 0. The van der Waals surface area contributed by atoms with Crippen LogP contribution in [0.4, 0.5) is 0 Å². The molecule has 0 aliphatic rings. The van der Waals surface area contributed by atoms with Gasteiger partial charge in [0.05, 0.1) is 11.3 Å². The van der Waals surface area contributed by atoms with Crippen molar-refractivity contribution in [2.75, 3.05) is 6.54 Å². The first-order valence-electron chi connectivity index (χ1n) is 5.38. The molecule has 84 valence electrons. The molecule has 0 fully saturated rings. The molecule has 15 heavy (non-hydrogen) atoms. The second-order valence-electron chi connectivity index (χ2n) is 3.74. The molecule has 4 nitrogen and oxygen atoms in total. The van der Waals surface area contributed by atoms with Crippen LogP contribution < -0.4 is 5.32 Å². The minimum absolute atomic E-state index is 0.590. The Labute approximate surface area is 90.8 Å². The molecule has 1 heterocycles. The molecule has 0 radical (unpaired) electrons. The molecule has 0 aliphatic carbocycles. The first kappa shape index (κ1) is 12.1. The molecular weight excluding hydrogens is 190 g/mol. The first-order chi connectivity index (χ1) is 7.20. The standard InChI is InChI=1S/C11H19N3O/c1-3-11(15,4-2)8-13-7-10-5-6-12-9-14-10/h5-6,9,13,15H,3-4,7-8H2,1-2H3. The lowest BCUT2D eigenvalue weighted by molar-refractivity contribution is 0.0322. The summed E-state index contributed by atoms with van der Waals surface area (Å²) in [5.74, 6) is 0. The predicted molar refractivity (Wildman–Crippen MR) is 59.3 cm³/mol. The molecule has 0 unspecified atom stereocenters. The van der Waals surface area contributed by atoms with Gasteiger partial charge in [-0.1, -0.05) is 13.8 Å². The smallest absolute Gasteiger partial charge is 0.115 e. The fourth-order valence-electron chi connectivity index (χ4n) is 1.35. The van der Waals surface area contributed by atoms with Crippen LogP contribution in [0.3, 0.4) is 0 Å². The summed E-state index contributed by atoms with van der Waals surface area (Å²) in [5, 5.41) is 13.2. The SMILES string of the molecule is CCC(O)(CC)CNCc1ccncn1. The van der Waals surface area contributed by atoms with Crippen molar-refractivity contribution < 1.29 is 5.11 Å². The average Bonchev–Trinajstić information content (AvgIpc) is 2.30. The molecule has 0 saturated heterocycles. The Bertz CT molecular complexity index is 272. The third-order valence-electron chi connectivity index (χ3n) is 2.72. The summed E-state index contributed by atoms with van der Waals surface area (Å²) in [4.78, 5) is 7.94. The highest BCUT2D eigenvalue weighted by Crippen LogP contribution is 2.12. The maximum atomic E-state index is 10.0. The van der Waals surface area contributed by atoms with Crippen LogP contribution in [0.25, 0.3) is 0 Å². The van der Waals surface area contributed by atoms with Crippen LogP contribution in [0, 0.1) is 0 Å². The quantitative estimate of drug-likeness (QED) is 0.737. The second-order valence-corrected chi connectivity index (χ2v) is 3.74. The van der Waals surface area contributed by atoms with Crippen LogP contribution in [0.1, 0.15) is 32.4 Å². The lowest BCUT2D eigenvalue weighted by Gasteiger charge is -2.25. The third kappa shape index (κ3) is 3.93. The molecule has 0 spiro atoms. The Kier molecular flexibility index (Phi) is 4.65. The first-order valence-corrected chi connectivity index (χ1v) is 5.38. The molecule has 2 N–H and O–H groups in total. The number of aromatic nitrogens is 2. The summed E-state index contributed by atoms with van der Waals surface area (Å²) in [6.45, 7) is 5.26. The number of hydrogen-bond donors (Lipinski definition) is 2. The minimum Gasteiger partial charge on any atom is -0.389 e. The molecule has 1 aromatic heterocycles. The maximum Gasteiger partial charge on any atom is 0.115 e. The van der Waals surface area contributed by atoms with Gasteiger partial charge in [0.1, 0.15) is 6.33 Å². The van der Waals surface area contributed by atoms with E-state index in [1.165, 1.54) is 6.33 Å². The molecule has 1 aromatic rings. The van der Waals surface area contributed by atoms with Gasteiger partial charge in [-0.15, -0.1) is 0 Å². The number of hydrogen-bond acceptors (Lipinski definition) is 4. The van der Waals surface area contributed by atoms with Crippen LogP contribution in [0.5, 0.6) is 0 Å². The van der Waals surface area contributed by atoms with Crippen LogP contribution in [-0.2, 0) is 6.54 Å². The van der Waals surface area contributed by atoms with Crippen molar-refractivity contribution in [3.63, 3.8) is 0 Å². The molecule has 1 rings (SSSR count). The van der Waals surface area contributed by atoms with Gasteiger partial charge < -0.3 is 10.4 Å². The molecule has 0 aliphatic heterocycles. The van der Waals surface area contributed by atoms with E-state index in [9.17, 15) is 5.11 Å². The van der Waals surface area contributed by atoms with Crippen molar-refractivity contribution in [2.24, 2.45) is 0 Å². The number of nitrogens with one attached hydrogen (secondary N) is 1. The van der Waals surface area contributed by atoms with Crippen LogP contribution >= 0.6 is 0 Å². The summed E-state index contributed by atoms with van der Waals surface area (Å²) >= 11 is 0. The van der Waals surface area contributed by atoms with Crippen LogP contribution in [-0.4, -0.2) is 27.2 Å². The van der Waals surface area contributed by atoms with Gasteiger partial charge in [0.15, 0.2) is 0 Å². The predicted octanol–water partition coefficient (Wildman–Crippen LogP) is 1.12. The van der Waals surface area contributed by atoms with E-state index in [4.69, 9.17) is 0 Å². The van der Waals surface area contributed by atoms with Crippen LogP contribution in [0.2, 0.25) is 0 Å². The maximum absolute atomic E-state index is 10.0. The van der Waals surface area contributed by atoms with Gasteiger partial charge in [0.25, 0.3) is 0 Å². The fraction of sp³-hybridized carbons (Fsp3) is 0.636. The number of rotatable bonds is 6. The van der Waals surface area contributed by atoms with E-state index >= 15 is 0 Å². The normalized spacial score (nSPS) is 11.7. The van der Waals surface area contributed by atoms with Crippen molar-refractivity contribution in [1.82, 2.24) is 15.3 Å². The van der Waals surface area contributed by atoms with Crippen molar-refractivity contribution in [1.29, 1.82) is 0 Å². The van der Waals surface area contributed by atoms with E-state index in [-0.39, 0.29) is 0 Å². The second kappa shape index (κ2) is 5.78. The summed E-state index contributed by atoms with van der Waals surface area (Å²) < 4.78 is 0. The van der Waals surface area contributed by atoms with Gasteiger partial charge in [-0.3, -0.25) is 0 Å². The largest absolute Gasteiger partial charge is 0.389 e. The molecule has 0 bridgehead atoms. The zero-order valence-electron chi connectivity index (χ0n) is 9.40. The molecule has 0 aromatic carbocycles. The third-order valence-corrected chi connectivity index (χ3v) is 2.72. The van der Waals surface area contributed by atoms with E-state index in [1.54, 1.807) is 6.20 Å². The summed E-state index contributed by atoms with van der Waals surface area (Å²) in [5.41, 5.74) is 0.354. The minimum atomic E-state index is -0.590. The van der Waals surface area contributed by atoms with Gasteiger partial charge >= 0.3 is 0 Å². The zero-order chi connectivity index (χ0) is 11.1. The van der Waals surface area contributed by atoms with E-state index < -0.39 is 5.60 Å². The average molecular weight is 209 g/mol. The molecule has 0 saturated carbocycles. The van der Waals surface area contributed by atoms with Gasteiger partial charge in [-0.2, -0.15) is 0 Å². The topological polar surface area (TPSA) is 58.0 Å². The highest BCUT2D eigenvalue weighted by molar-refractivity contribution is 4.97. The lowest BCUT2D eigenvalue weighted by Crippen LogP contribution is -2.39. The highest BCUT2D eigenvalue weighted by Gasteiger charge is 2.20. The van der Waals surface area contributed by atoms with Gasteiger partial charge in [-0.25, -0.2) is 9.97 Å². The Morgan fingerprint density at radius 3 is 2.67 bits per heavy atom. The van der Waals surface area contributed by atoms with Crippen molar-refractivity contribution in [3.8, 4) is 0 Å². The molecule has 0 amide bonds. The van der Waals surface area contributed by atoms with Gasteiger partial charge in [0.2, 0.25) is 0 Å². The van der Waals surface area contributed by atoms with E-state index in [0.717, 1.165) is 18.5 Å². The highest BCUT2D eigenvalue weighted by atomic mass is 16.3. The van der Waals surface area contributed by atoms with E-state index in [0.29, 0.717) is 13.1 Å². The Morgan fingerprint density at radius 1 is 1.40 bits per heavy atom. The van der Waals surface area contributed by atoms with E-state index in [2.05, 4.69) is 15.3 Å². The monoisotopic (exact) mass is 209 g/mol. The van der Waals surface area contributed by atoms with Gasteiger partial charge in [-0.05, 0) is 18.9 Å². The van der Waals surface area contributed by atoms with Gasteiger partial charge in [0, 0.05) is 19.3 Å². The molecule has 4 heteroatoms. The number of nitrogens with zero attached hydrogens (tertiary/aromatic N) is 2. The summed E-state index contributed by atoms with van der Waals surface area (Å²) in [6.07, 6.45) is 4.78. The zero-order valence-corrected chi connectivity index (χ0v) is 9.40. The van der Waals surface area contributed by atoms with Crippen molar-refractivity contribution in [3.05, 3.63) is 24.3 Å². The fourth-order valence-corrected chi connectivity index (χ4v) is 1.35. The summed E-state index contributed by atoms with van der Waals surface area (Å²) in [6, 6.07) is 1.87. The molecular formula is C11H19N3O. The lowest BCUT2D eigenvalue weighted by atomic mass is 9.98. The Hall–Kier alpha value is -1.00.